The normalized spacial score (nSPS) is 11.7. The van der Waals surface area contributed by atoms with Gasteiger partial charge in [-0.2, -0.15) is 0 Å². The van der Waals surface area contributed by atoms with Crippen molar-refractivity contribution < 1.29 is 5.11 Å². The number of hydrogen-bond acceptors (Lipinski definition) is 1. The Kier molecular flexibility index (Phi) is 8.41. The van der Waals surface area contributed by atoms with Crippen molar-refractivity contribution in [1.82, 2.24) is 0 Å². The molecule has 0 heterocycles. The van der Waals surface area contributed by atoms with Crippen LogP contribution in [0.1, 0.15) is 94.9 Å². The fourth-order valence-corrected chi connectivity index (χ4v) is 4.19. The van der Waals surface area contributed by atoms with Gasteiger partial charge in [0.1, 0.15) is 5.75 Å². The second-order valence-electron chi connectivity index (χ2n) is 8.36. The largest absolute Gasteiger partial charge is 0.508 e. The number of hydrogen-bond donors (Lipinski definition) is 1. The summed E-state index contributed by atoms with van der Waals surface area (Å²) in [5.74, 6) is 0.452. The van der Waals surface area contributed by atoms with Crippen molar-refractivity contribution in [3.63, 3.8) is 0 Å². The second kappa shape index (κ2) is 10.5. The summed E-state index contributed by atoms with van der Waals surface area (Å²) in [6.07, 6.45) is 11.0. The first-order valence-corrected chi connectivity index (χ1v) is 10.9. The lowest BCUT2D eigenvalue weighted by Crippen LogP contribution is -2.22. The molecule has 0 aromatic heterocycles. The lowest BCUT2D eigenvalue weighted by atomic mass is 9.73. The molecule has 0 radical (unpaired) electrons. The highest BCUT2D eigenvalue weighted by Gasteiger charge is 2.29. The second-order valence-corrected chi connectivity index (χ2v) is 8.36. The van der Waals surface area contributed by atoms with Gasteiger partial charge < -0.3 is 5.11 Å². The van der Waals surface area contributed by atoms with Crippen LogP contribution in [0, 0.1) is 0 Å². The molecule has 0 spiro atoms. The molecular weight excluding hydrogens is 328 g/mol. The van der Waals surface area contributed by atoms with Gasteiger partial charge in [-0.25, -0.2) is 0 Å². The molecule has 0 atom stereocenters. The van der Waals surface area contributed by atoms with Crippen LogP contribution in [0.2, 0.25) is 0 Å². The number of rotatable bonds is 11. The van der Waals surface area contributed by atoms with E-state index in [2.05, 4.69) is 64.1 Å². The van der Waals surface area contributed by atoms with Crippen molar-refractivity contribution in [3.8, 4) is 5.75 Å². The number of unbranched alkanes of at least 4 members (excludes halogenated alkanes) is 5. The van der Waals surface area contributed by atoms with Gasteiger partial charge in [0, 0.05) is 11.0 Å². The monoisotopic (exact) mass is 366 g/mol. The van der Waals surface area contributed by atoms with Gasteiger partial charge in [0.2, 0.25) is 0 Å². The zero-order valence-electron chi connectivity index (χ0n) is 17.9. The zero-order valence-corrected chi connectivity index (χ0v) is 17.9. The summed E-state index contributed by atoms with van der Waals surface area (Å²) in [6, 6.07) is 14.7. The molecule has 0 saturated carbocycles. The highest BCUT2D eigenvalue weighted by atomic mass is 16.3. The minimum absolute atomic E-state index is 0.202. The molecule has 0 fully saturated rings. The highest BCUT2D eigenvalue weighted by Crippen LogP contribution is 2.41. The number of benzene rings is 2. The third-order valence-corrected chi connectivity index (χ3v) is 5.84. The third-order valence-electron chi connectivity index (χ3n) is 5.84. The summed E-state index contributed by atoms with van der Waals surface area (Å²) in [7, 11) is 0. The number of aromatic hydroxyl groups is 1. The van der Waals surface area contributed by atoms with E-state index in [4.69, 9.17) is 0 Å². The van der Waals surface area contributed by atoms with Crippen molar-refractivity contribution in [2.45, 2.75) is 90.9 Å². The average molecular weight is 367 g/mol. The predicted molar refractivity (Wildman–Crippen MR) is 118 cm³/mol. The quantitative estimate of drug-likeness (QED) is 0.406. The third kappa shape index (κ3) is 5.61. The standard InChI is InChI=1S/C26H38O/c1-5-7-9-14-18-23-21(15-11-8-6-2)19-20-24(27)25(23)26(3,4)22-16-12-10-13-17-22/h10,12-13,16-17,19-20,27H,5-9,11,14-15,18H2,1-4H3. The molecule has 2 aromatic carbocycles. The van der Waals surface area contributed by atoms with Crippen LogP contribution in [0.15, 0.2) is 42.5 Å². The molecule has 1 heteroatoms. The predicted octanol–water partition coefficient (Wildman–Crippen LogP) is 7.57. The maximum Gasteiger partial charge on any atom is 0.119 e. The first kappa shape index (κ1) is 21.5. The maximum absolute atomic E-state index is 10.9. The Morgan fingerprint density at radius 1 is 0.741 bits per heavy atom. The Morgan fingerprint density at radius 2 is 1.37 bits per heavy atom. The van der Waals surface area contributed by atoms with Crippen LogP contribution in [-0.2, 0) is 18.3 Å². The molecule has 1 nitrogen and oxygen atoms in total. The van der Waals surface area contributed by atoms with Crippen molar-refractivity contribution in [1.29, 1.82) is 0 Å². The molecule has 0 bridgehead atoms. The molecule has 0 aliphatic carbocycles. The van der Waals surface area contributed by atoms with E-state index in [1.165, 1.54) is 61.6 Å². The first-order chi connectivity index (χ1) is 13.0. The van der Waals surface area contributed by atoms with Crippen LogP contribution >= 0.6 is 0 Å². The van der Waals surface area contributed by atoms with Gasteiger partial charge in [-0.05, 0) is 48.4 Å². The van der Waals surface area contributed by atoms with Gasteiger partial charge >= 0.3 is 0 Å². The Morgan fingerprint density at radius 3 is 2.04 bits per heavy atom. The maximum atomic E-state index is 10.9. The molecule has 0 amide bonds. The minimum atomic E-state index is -0.202. The molecular formula is C26H38O. The van der Waals surface area contributed by atoms with E-state index in [-0.39, 0.29) is 5.41 Å². The number of phenols is 1. The van der Waals surface area contributed by atoms with Crippen LogP contribution in [0.5, 0.6) is 5.75 Å². The zero-order chi connectivity index (χ0) is 19.7. The summed E-state index contributed by atoms with van der Waals surface area (Å²) >= 11 is 0. The van der Waals surface area contributed by atoms with Gasteiger partial charge in [-0.1, -0.05) is 96.2 Å². The lowest BCUT2D eigenvalue weighted by Gasteiger charge is -2.31. The fourth-order valence-electron chi connectivity index (χ4n) is 4.19. The van der Waals surface area contributed by atoms with Crippen molar-refractivity contribution >= 4 is 0 Å². The number of aryl methyl sites for hydroxylation is 1. The van der Waals surface area contributed by atoms with Crippen LogP contribution < -0.4 is 0 Å². The molecule has 0 unspecified atom stereocenters. The van der Waals surface area contributed by atoms with Gasteiger partial charge in [-0.15, -0.1) is 0 Å². The molecule has 0 saturated heterocycles. The van der Waals surface area contributed by atoms with Gasteiger partial charge in [0.25, 0.3) is 0 Å². The van der Waals surface area contributed by atoms with Gasteiger partial charge in [0.15, 0.2) is 0 Å². The highest BCUT2D eigenvalue weighted by molar-refractivity contribution is 5.53. The Balaban J connectivity index is 2.44. The van der Waals surface area contributed by atoms with Crippen LogP contribution in [0.4, 0.5) is 0 Å². The fraction of sp³-hybridized carbons (Fsp3) is 0.538. The Bertz CT molecular complexity index is 685. The van der Waals surface area contributed by atoms with E-state index < -0.39 is 0 Å². The molecule has 2 rings (SSSR count). The van der Waals surface area contributed by atoms with Crippen molar-refractivity contribution in [3.05, 3.63) is 64.7 Å². The van der Waals surface area contributed by atoms with Gasteiger partial charge in [-0.3, -0.25) is 0 Å². The molecule has 1 N–H and O–H groups in total. The number of phenolic OH excluding ortho intramolecular Hbond substituents is 1. The van der Waals surface area contributed by atoms with Crippen molar-refractivity contribution in [2.75, 3.05) is 0 Å². The SMILES string of the molecule is CCCCCCc1c(CCCCC)ccc(O)c1C(C)(C)c1ccccc1. The molecule has 2 aromatic rings. The molecule has 27 heavy (non-hydrogen) atoms. The van der Waals surface area contributed by atoms with E-state index in [0.717, 1.165) is 18.4 Å². The molecule has 0 aliphatic rings. The summed E-state index contributed by atoms with van der Waals surface area (Å²) in [5.41, 5.74) is 5.04. The summed E-state index contributed by atoms with van der Waals surface area (Å²) in [6.45, 7) is 9.02. The van der Waals surface area contributed by atoms with Crippen LogP contribution in [0.3, 0.4) is 0 Å². The topological polar surface area (TPSA) is 20.2 Å². The summed E-state index contributed by atoms with van der Waals surface area (Å²) in [4.78, 5) is 0. The van der Waals surface area contributed by atoms with Crippen LogP contribution in [-0.4, -0.2) is 5.11 Å². The van der Waals surface area contributed by atoms with E-state index in [1.807, 2.05) is 6.07 Å². The lowest BCUT2D eigenvalue weighted by molar-refractivity contribution is 0.449. The van der Waals surface area contributed by atoms with Crippen molar-refractivity contribution in [2.24, 2.45) is 0 Å². The minimum Gasteiger partial charge on any atom is -0.508 e. The smallest absolute Gasteiger partial charge is 0.119 e. The van der Waals surface area contributed by atoms with E-state index in [0.29, 0.717) is 5.75 Å². The van der Waals surface area contributed by atoms with Crippen LogP contribution in [0.25, 0.3) is 0 Å². The average Bonchev–Trinajstić information content (AvgIpc) is 2.67. The first-order valence-electron chi connectivity index (χ1n) is 10.9. The van der Waals surface area contributed by atoms with E-state index >= 15 is 0 Å². The van der Waals surface area contributed by atoms with E-state index in [9.17, 15) is 5.11 Å². The molecule has 0 aliphatic heterocycles. The van der Waals surface area contributed by atoms with Gasteiger partial charge in [0.05, 0.1) is 0 Å². The van der Waals surface area contributed by atoms with E-state index in [1.54, 1.807) is 0 Å². The Hall–Kier alpha value is -1.76. The Labute approximate surface area is 166 Å². The summed E-state index contributed by atoms with van der Waals surface area (Å²) < 4.78 is 0. The summed E-state index contributed by atoms with van der Waals surface area (Å²) in [5, 5.41) is 10.9. The molecule has 148 valence electrons.